The lowest BCUT2D eigenvalue weighted by Gasteiger charge is -2.29. The van der Waals surface area contributed by atoms with Crippen LogP contribution in [0.4, 0.5) is 5.69 Å². The third-order valence-electron chi connectivity index (χ3n) is 3.79. The van der Waals surface area contributed by atoms with Crippen molar-refractivity contribution in [1.29, 1.82) is 0 Å². The second kappa shape index (κ2) is 6.62. The number of hydrogen-bond acceptors (Lipinski definition) is 3. The lowest BCUT2D eigenvalue weighted by Crippen LogP contribution is -2.28. The van der Waals surface area contributed by atoms with Crippen molar-refractivity contribution in [2.45, 2.75) is 52.0 Å². The highest BCUT2D eigenvalue weighted by Gasteiger charge is 2.20. The lowest BCUT2D eigenvalue weighted by molar-refractivity contribution is 0.319. The molecule has 1 N–H and O–H groups in total. The molecule has 0 spiro atoms. The lowest BCUT2D eigenvalue weighted by atomic mass is 9.84. The molecule has 1 atom stereocenters. The SMILES string of the molecule is CCOc1ncccc1NC(C)C1CCCCC1. The molecular formula is C15H24N2O. The number of aromatic nitrogens is 1. The monoisotopic (exact) mass is 248 g/mol. The predicted octanol–water partition coefficient (Wildman–Crippen LogP) is 3.86. The second-order valence-electron chi connectivity index (χ2n) is 5.12. The van der Waals surface area contributed by atoms with Crippen LogP contribution in [-0.4, -0.2) is 17.6 Å². The number of nitrogens with one attached hydrogen (secondary N) is 1. The minimum Gasteiger partial charge on any atom is -0.476 e. The molecule has 0 saturated heterocycles. The van der Waals surface area contributed by atoms with Gasteiger partial charge in [-0.1, -0.05) is 19.3 Å². The first kappa shape index (κ1) is 13.2. The largest absolute Gasteiger partial charge is 0.476 e. The summed E-state index contributed by atoms with van der Waals surface area (Å²) in [6.07, 6.45) is 8.63. The van der Waals surface area contributed by atoms with Crippen molar-refractivity contribution in [3.8, 4) is 5.88 Å². The van der Waals surface area contributed by atoms with Gasteiger partial charge in [0.1, 0.15) is 0 Å². The topological polar surface area (TPSA) is 34.1 Å². The Morgan fingerprint density at radius 2 is 2.17 bits per heavy atom. The third-order valence-corrected chi connectivity index (χ3v) is 3.79. The standard InChI is InChI=1S/C15H24N2O/c1-3-18-15-14(10-7-11-16-15)17-12(2)13-8-5-4-6-9-13/h7,10-13,17H,3-6,8-9H2,1-2H3. The average molecular weight is 248 g/mol. The van der Waals surface area contributed by atoms with Crippen molar-refractivity contribution < 1.29 is 4.74 Å². The third kappa shape index (κ3) is 3.37. The zero-order chi connectivity index (χ0) is 12.8. The van der Waals surface area contributed by atoms with Crippen LogP contribution in [0.1, 0.15) is 46.0 Å². The van der Waals surface area contributed by atoms with E-state index in [1.165, 1.54) is 32.1 Å². The van der Waals surface area contributed by atoms with E-state index in [9.17, 15) is 0 Å². The molecule has 0 amide bonds. The maximum absolute atomic E-state index is 5.55. The average Bonchev–Trinajstić information content (AvgIpc) is 2.42. The van der Waals surface area contributed by atoms with E-state index in [-0.39, 0.29) is 0 Å². The summed E-state index contributed by atoms with van der Waals surface area (Å²) in [5.74, 6) is 1.51. The molecule has 0 radical (unpaired) electrons. The first-order valence-electron chi connectivity index (χ1n) is 7.15. The van der Waals surface area contributed by atoms with E-state index in [0.29, 0.717) is 12.6 Å². The molecule has 18 heavy (non-hydrogen) atoms. The van der Waals surface area contributed by atoms with E-state index in [4.69, 9.17) is 4.74 Å². The fourth-order valence-corrected chi connectivity index (χ4v) is 2.75. The number of nitrogens with zero attached hydrogens (tertiary/aromatic N) is 1. The van der Waals surface area contributed by atoms with Gasteiger partial charge in [-0.3, -0.25) is 0 Å². The molecule has 0 aromatic carbocycles. The predicted molar refractivity (Wildman–Crippen MR) is 75.1 cm³/mol. The quantitative estimate of drug-likeness (QED) is 0.859. The fourth-order valence-electron chi connectivity index (χ4n) is 2.75. The molecule has 1 aliphatic rings. The molecule has 1 heterocycles. The number of hydrogen-bond donors (Lipinski definition) is 1. The smallest absolute Gasteiger partial charge is 0.237 e. The van der Waals surface area contributed by atoms with Crippen molar-refractivity contribution in [3.05, 3.63) is 18.3 Å². The molecular weight excluding hydrogens is 224 g/mol. The van der Waals surface area contributed by atoms with Crippen molar-refractivity contribution in [2.24, 2.45) is 5.92 Å². The first-order valence-corrected chi connectivity index (χ1v) is 7.15. The molecule has 2 rings (SSSR count). The van der Waals surface area contributed by atoms with Gasteiger partial charge in [0, 0.05) is 12.2 Å². The summed E-state index contributed by atoms with van der Waals surface area (Å²) in [4.78, 5) is 4.28. The maximum Gasteiger partial charge on any atom is 0.237 e. The van der Waals surface area contributed by atoms with Gasteiger partial charge >= 0.3 is 0 Å². The zero-order valence-corrected chi connectivity index (χ0v) is 11.5. The summed E-state index contributed by atoms with van der Waals surface area (Å²) < 4.78 is 5.55. The van der Waals surface area contributed by atoms with Crippen molar-refractivity contribution >= 4 is 5.69 Å². The Morgan fingerprint density at radius 3 is 2.89 bits per heavy atom. The molecule has 1 aromatic rings. The van der Waals surface area contributed by atoms with E-state index in [0.717, 1.165) is 17.5 Å². The van der Waals surface area contributed by atoms with Gasteiger partial charge in [0.05, 0.1) is 12.3 Å². The van der Waals surface area contributed by atoms with Gasteiger partial charge in [0.2, 0.25) is 5.88 Å². The van der Waals surface area contributed by atoms with Crippen LogP contribution in [0.25, 0.3) is 0 Å². The second-order valence-corrected chi connectivity index (χ2v) is 5.12. The molecule has 3 heteroatoms. The normalized spacial score (nSPS) is 18.3. The first-order chi connectivity index (χ1) is 8.81. The summed E-state index contributed by atoms with van der Waals surface area (Å²) in [5, 5.41) is 3.58. The van der Waals surface area contributed by atoms with E-state index in [1.807, 2.05) is 13.0 Å². The van der Waals surface area contributed by atoms with Gasteiger partial charge in [-0.05, 0) is 44.7 Å². The number of rotatable bonds is 5. The van der Waals surface area contributed by atoms with Crippen molar-refractivity contribution in [3.63, 3.8) is 0 Å². The van der Waals surface area contributed by atoms with Crippen LogP contribution < -0.4 is 10.1 Å². The molecule has 0 bridgehead atoms. The Kier molecular flexibility index (Phi) is 4.85. The minimum atomic E-state index is 0.494. The number of ether oxygens (including phenoxy) is 1. The van der Waals surface area contributed by atoms with Crippen molar-refractivity contribution in [1.82, 2.24) is 4.98 Å². The molecule has 0 aliphatic heterocycles. The van der Waals surface area contributed by atoms with E-state index < -0.39 is 0 Å². The molecule has 1 fully saturated rings. The van der Waals surface area contributed by atoms with Crippen LogP contribution >= 0.6 is 0 Å². The summed E-state index contributed by atoms with van der Waals surface area (Å²) in [7, 11) is 0. The van der Waals surface area contributed by atoms with Gasteiger partial charge in [-0.15, -0.1) is 0 Å². The highest BCUT2D eigenvalue weighted by molar-refractivity contribution is 5.52. The van der Waals surface area contributed by atoms with Gasteiger partial charge in [-0.2, -0.15) is 0 Å². The molecule has 1 aliphatic carbocycles. The Labute approximate surface area is 110 Å². The Bertz CT molecular complexity index is 361. The van der Waals surface area contributed by atoms with Crippen LogP contribution in [-0.2, 0) is 0 Å². The van der Waals surface area contributed by atoms with Crippen LogP contribution in [0.15, 0.2) is 18.3 Å². The van der Waals surface area contributed by atoms with Crippen LogP contribution in [0, 0.1) is 5.92 Å². The summed E-state index contributed by atoms with van der Waals surface area (Å²) in [6.45, 7) is 4.92. The van der Waals surface area contributed by atoms with Crippen molar-refractivity contribution in [2.75, 3.05) is 11.9 Å². The van der Waals surface area contributed by atoms with Gasteiger partial charge < -0.3 is 10.1 Å². The molecule has 1 aromatic heterocycles. The Balaban J connectivity index is 1.99. The zero-order valence-electron chi connectivity index (χ0n) is 11.5. The van der Waals surface area contributed by atoms with E-state index in [1.54, 1.807) is 6.20 Å². The van der Waals surface area contributed by atoms with Crippen LogP contribution in [0.5, 0.6) is 5.88 Å². The molecule has 3 nitrogen and oxygen atoms in total. The van der Waals surface area contributed by atoms with E-state index in [2.05, 4.69) is 23.3 Å². The highest BCUT2D eigenvalue weighted by Crippen LogP contribution is 2.29. The summed E-state index contributed by atoms with van der Waals surface area (Å²) >= 11 is 0. The summed E-state index contributed by atoms with van der Waals surface area (Å²) in [5.41, 5.74) is 1.03. The fraction of sp³-hybridized carbons (Fsp3) is 0.667. The van der Waals surface area contributed by atoms with E-state index >= 15 is 0 Å². The maximum atomic E-state index is 5.55. The molecule has 100 valence electrons. The Morgan fingerprint density at radius 1 is 1.39 bits per heavy atom. The Hall–Kier alpha value is -1.25. The molecule has 1 saturated carbocycles. The van der Waals surface area contributed by atoms with Gasteiger partial charge in [0.25, 0.3) is 0 Å². The molecule has 1 unspecified atom stereocenters. The summed E-state index contributed by atoms with van der Waals surface area (Å²) in [6, 6.07) is 4.50. The van der Waals surface area contributed by atoms with Gasteiger partial charge in [0.15, 0.2) is 0 Å². The van der Waals surface area contributed by atoms with Crippen LogP contribution in [0.2, 0.25) is 0 Å². The number of pyridine rings is 1. The highest BCUT2D eigenvalue weighted by atomic mass is 16.5. The van der Waals surface area contributed by atoms with Crippen LogP contribution in [0.3, 0.4) is 0 Å². The number of anilines is 1. The minimum absolute atomic E-state index is 0.494. The van der Waals surface area contributed by atoms with Gasteiger partial charge in [-0.25, -0.2) is 4.98 Å².